The Balaban J connectivity index is 0.00000182. The van der Waals surface area contributed by atoms with E-state index in [1.807, 2.05) is 12.3 Å². The maximum Gasteiger partial charge on any atom is 0.214 e. The summed E-state index contributed by atoms with van der Waals surface area (Å²) in [6, 6.07) is 6.69. The molecule has 0 radical (unpaired) electrons. The van der Waals surface area contributed by atoms with Crippen LogP contribution < -0.4 is 0 Å². The highest BCUT2D eigenvalue weighted by molar-refractivity contribution is 6.01. The lowest BCUT2D eigenvalue weighted by atomic mass is 10.0. The molecule has 7 heteroatoms. The van der Waals surface area contributed by atoms with Crippen LogP contribution in [0.25, 0.3) is 22.1 Å². The Morgan fingerprint density at radius 1 is 1.33 bits per heavy atom. The van der Waals surface area contributed by atoms with Crippen molar-refractivity contribution in [2.45, 2.75) is 25.3 Å². The van der Waals surface area contributed by atoms with Gasteiger partial charge in [0.25, 0.3) is 0 Å². The molecule has 4 heterocycles. The van der Waals surface area contributed by atoms with Gasteiger partial charge in [0.1, 0.15) is 17.2 Å². The molecule has 0 aromatic carbocycles. The fourth-order valence-corrected chi connectivity index (χ4v) is 3.64. The van der Waals surface area contributed by atoms with Gasteiger partial charge in [-0.05, 0) is 18.9 Å². The van der Waals surface area contributed by atoms with E-state index in [-0.39, 0.29) is 7.47 Å². The van der Waals surface area contributed by atoms with Crippen molar-refractivity contribution < 1.29 is 1.43 Å². The number of likely N-dealkylation sites (tertiary alicyclic amines) is 1. The SMILES string of the molecule is N#CCCN1CCC(n2c(C#N)nc3cnc4[nH]ccc4c32)CC1.[HH]. The number of nitriles is 2. The first-order valence-corrected chi connectivity index (χ1v) is 8.15. The zero-order chi connectivity index (χ0) is 16.5. The summed E-state index contributed by atoms with van der Waals surface area (Å²) < 4.78 is 2.09. The first-order valence-electron chi connectivity index (χ1n) is 8.15. The second kappa shape index (κ2) is 5.95. The number of aromatic amines is 1. The molecular formula is C17H19N7. The highest BCUT2D eigenvalue weighted by Crippen LogP contribution is 2.31. The number of imidazole rings is 1. The van der Waals surface area contributed by atoms with Gasteiger partial charge in [0.15, 0.2) is 0 Å². The number of rotatable bonds is 3. The fraction of sp³-hybridized carbons (Fsp3) is 0.412. The molecule has 0 saturated carbocycles. The van der Waals surface area contributed by atoms with Crippen LogP contribution in [0.1, 0.15) is 32.6 Å². The van der Waals surface area contributed by atoms with Crippen LogP contribution in [0.2, 0.25) is 0 Å². The Hall–Kier alpha value is -2.90. The van der Waals surface area contributed by atoms with Gasteiger partial charge in [-0.1, -0.05) is 0 Å². The van der Waals surface area contributed by atoms with Crippen LogP contribution in [0.5, 0.6) is 0 Å². The first kappa shape index (κ1) is 14.7. The molecule has 7 nitrogen and oxygen atoms in total. The molecule has 0 spiro atoms. The summed E-state index contributed by atoms with van der Waals surface area (Å²) >= 11 is 0. The van der Waals surface area contributed by atoms with Crippen molar-refractivity contribution in [1.82, 2.24) is 24.4 Å². The minimum absolute atomic E-state index is 0. The lowest BCUT2D eigenvalue weighted by Crippen LogP contribution is -2.35. The number of nitrogens with zero attached hydrogens (tertiary/aromatic N) is 6. The lowest BCUT2D eigenvalue weighted by molar-refractivity contribution is 0.191. The van der Waals surface area contributed by atoms with Crippen molar-refractivity contribution in [3.63, 3.8) is 0 Å². The Labute approximate surface area is 140 Å². The molecule has 0 unspecified atom stereocenters. The number of hydrogen-bond acceptors (Lipinski definition) is 5. The standard InChI is InChI=1S/C17H17N7.H2/c18-5-1-7-23-8-3-12(4-9-23)24-15(10-19)22-14-11-21-17-13(16(14)24)2-6-20-17;/h2,6,11-12H,1,3-4,7-9H2,(H,20,21);1H. The maximum absolute atomic E-state index is 9.53. The number of hydrogen-bond donors (Lipinski definition) is 1. The third-order valence-corrected chi connectivity index (χ3v) is 4.80. The molecule has 0 bridgehead atoms. The summed E-state index contributed by atoms with van der Waals surface area (Å²) in [5.74, 6) is 0.455. The van der Waals surface area contributed by atoms with Crippen LogP contribution in [-0.4, -0.2) is 44.1 Å². The van der Waals surface area contributed by atoms with Crippen LogP contribution in [0, 0.1) is 22.7 Å². The summed E-state index contributed by atoms with van der Waals surface area (Å²) in [5.41, 5.74) is 2.58. The monoisotopic (exact) mass is 321 g/mol. The second-order valence-electron chi connectivity index (χ2n) is 6.13. The largest absolute Gasteiger partial charge is 0.346 e. The quantitative estimate of drug-likeness (QED) is 0.799. The Bertz CT molecular complexity index is 967. The number of pyridine rings is 1. The van der Waals surface area contributed by atoms with Crippen LogP contribution in [0.15, 0.2) is 18.5 Å². The molecule has 4 rings (SSSR count). The third kappa shape index (κ3) is 2.31. The summed E-state index contributed by atoms with van der Waals surface area (Å²) in [4.78, 5) is 14.3. The lowest BCUT2D eigenvalue weighted by Gasteiger charge is -2.32. The molecule has 1 N–H and O–H groups in total. The fourth-order valence-electron chi connectivity index (χ4n) is 3.64. The van der Waals surface area contributed by atoms with Gasteiger partial charge in [-0.2, -0.15) is 10.5 Å². The molecule has 1 aliphatic heterocycles. The van der Waals surface area contributed by atoms with Gasteiger partial charge in [-0.25, -0.2) is 9.97 Å². The Kier molecular flexibility index (Phi) is 3.64. The average molecular weight is 321 g/mol. The summed E-state index contributed by atoms with van der Waals surface area (Å²) in [7, 11) is 0. The number of fused-ring (bicyclic) bond motifs is 3. The van der Waals surface area contributed by atoms with Crippen molar-refractivity contribution in [3.05, 3.63) is 24.3 Å². The highest BCUT2D eigenvalue weighted by atomic mass is 15.2. The minimum atomic E-state index is 0. The maximum atomic E-state index is 9.53. The van der Waals surface area contributed by atoms with Crippen molar-refractivity contribution in [2.24, 2.45) is 0 Å². The number of aromatic nitrogens is 4. The van der Waals surface area contributed by atoms with E-state index in [0.717, 1.165) is 54.5 Å². The zero-order valence-electron chi connectivity index (χ0n) is 13.2. The average Bonchev–Trinajstić information content (AvgIpc) is 3.23. The molecule has 122 valence electrons. The van der Waals surface area contributed by atoms with Crippen LogP contribution in [-0.2, 0) is 0 Å². The topological polar surface area (TPSA) is 97.3 Å². The van der Waals surface area contributed by atoms with E-state index >= 15 is 0 Å². The van der Waals surface area contributed by atoms with Gasteiger partial charge < -0.3 is 14.5 Å². The number of piperidine rings is 1. The Morgan fingerprint density at radius 2 is 2.17 bits per heavy atom. The van der Waals surface area contributed by atoms with Gasteiger partial charge in [0.05, 0.1) is 17.8 Å². The molecule has 1 aliphatic rings. The number of H-pyrrole nitrogens is 1. The summed E-state index contributed by atoms with van der Waals surface area (Å²) in [5, 5.41) is 19.3. The van der Waals surface area contributed by atoms with E-state index in [0.29, 0.717) is 12.2 Å². The smallest absolute Gasteiger partial charge is 0.214 e. The van der Waals surface area contributed by atoms with Crippen molar-refractivity contribution >= 4 is 22.1 Å². The van der Waals surface area contributed by atoms with Crippen molar-refractivity contribution in [2.75, 3.05) is 19.6 Å². The zero-order valence-corrected chi connectivity index (χ0v) is 13.2. The van der Waals surface area contributed by atoms with Crippen LogP contribution in [0.4, 0.5) is 0 Å². The normalized spacial score (nSPS) is 16.4. The molecule has 1 saturated heterocycles. The van der Waals surface area contributed by atoms with E-state index in [9.17, 15) is 5.26 Å². The third-order valence-electron chi connectivity index (χ3n) is 4.80. The highest BCUT2D eigenvalue weighted by Gasteiger charge is 2.25. The second-order valence-corrected chi connectivity index (χ2v) is 6.13. The number of nitrogens with one attached hydrogen (secondary N) is 1. The minimum Gasteiger partial charge on any atom is -0.346 e. The van der Waals surface area contributed by atoms with Gasteiger partial charge in [0, 0.05) is 45.1 Å². The van der Waals surface area contributed by atoms with E-state index < -0.39 is 0 Å². The van der Waals surface area contributed by atoms with E-state index in [4.69, 9.17) is 5.26 Å². The van der Waals surface area contributed by atoms with Crippen LogP contribution >= 0.6 is 0 Å². The molecule has 0 atom stereocenters. The molecular weight excluding hydrogens is 302 g/mol. The van der Waals surface area contributed by atoms with Gasteiger partial charge in [-0.3, -0.25) is 0 Å². The van der Waals surface area contributed by atoms with E-state index in [2.05, 4.69) is 36.6 Å². The van der Waals surface area contributed by atoms with Crippen molar-refractivity contribution in [1.29, 1.82) is 10.5 Å². The Morgan fingerprint density at radius 3 is 2.92 bits per heavy atom. The first-order chi connectivity index (χ1) is 11.8. The summed E-state index contributed by atoms with van der Waals surface area (Å²) in [6.45, 7) is 2.71. The van der Waals surface area contributed by atoms with Crippen molar-refractivity contribution in [3.8, 4) is 12.1 Å². The predicted molar refractivity (Wildman–Crippen MR) is 91.2 cm³/mol. The van der Waals surface area contributed by atoms with Gasteiger partial charge in [-0.15, -0.1) is 0 Å². The molecule has 3 aromatic heterocycles. The molecule has 0 amide bonds. The van der Waals surface area contributed by atoms with E-state index in [1.165, 1.54) is 0 Å². The molecule has 3 aromatic rings. The van der Waals surface area contributed by atoms with Gasteiger partial charge >= 0.3 is 0 Å². The van der Waals surface area contributed by atoms with E-state index in [1.54, 1.807) is 6.20 Å². The van der Waals surface area contributed by atoms with Crippen LogP contribution in [0.3, 0.4) is 0 Å². The molecule has 1 fully saturated rings. The van der Waals surface area contributed by atoms with Gasteiger partial charge in [0.2, 0.25) is 5.82 Å². The molecule has 24 heavy (non-hydrogen) atoms. The summed E-state index contributed by atoms with van der Waals surface area (Å²) in [6.07, 6.45) is 6.08. The molecule has 0 aliphatic carbocycles. The predicted octanol–water partition coefficient (Wildman–Crippen LogP) is 2.58.